The van der Waals surface area contributed by atoms with Crippen molar-refractivity contribution in [1.29, 1.82) is 0 Å². The van der Waals surface area contributed by atoms with Gasteiger partial charge in [0.05, 0.1) is 6.54 Å². The van der Waals surface area contributed by atoms with Gasteiger partial charge in [0.25, 0.3) is 0 Å². The lowest BCUT2D eigenvalue weighted by Gasteiger charge is -2.16. The second-order valence-electron chi connectivity index (χ2n) is 6.26. The van der Waals surface area contributed by atoms with E-state index in [1.54, 1.807) is 12.1 Å². The van der Waals surface area contributed by atoms with Gasteiger partial charge >= 0.3 is 0 Å². The first-order chi connectivity index (χ1) is 10.1. The summed E-state index contributed by atoms with van der Waals surface area (Å²) in [5.74, 6) is 1.27. The van der Waals surface area contributed by atoms with Gasteiger partial charge in [-0.1, -0.05) is 26.0 Å². The number of aliphatic imine (C=N–C) groups is 1. The minimum absolute atomic E-state index is 0. The zero-order chi connectivity index (χ0) is 15.3. The van der Waals surface area contributed by atoms with Crippen molar-refractivity contribution < 1.29 is 4.39 Å². The van der Waals surface area contributed by atoms with Crippen molar-refractivity contribution >= 4 is 29.9 Å². The van der Waals surface area contributed by atoms with Crippen molar-refractivity contribution in [2.45, 2.75) is 39.0 Å². The summed E-state index contributed by atoms with van der Waals surface area (Å²) in [6.07, 6.45) is 2.17. The summed E-state index contributed by atoms with van der Waals surface area (Å²) in [5.41, 5.74) is 1.12. The van der Waals surface area contributed by atoms with Crippen molar-refractivity contribution in [2.24, 2.45) is 10.9 Å². The van der Waals surface area contributed by atoms with Crippen molar-refractivity contribution in [3.63, 3.8) is 0 Å². The molecule has 0 bridgehead atoms. The van der Waals surface area contributed by atoms with Crippen LogP contribution in [0.15, 0.2) is 29.3 Å². The molecule has 0 unspecified atom stereocenters. The Morgan fingerprint density at radius 2 is 2.05 bits per heavy atom. The van der Waals surface area contributed by atoms with Crippen LogP contribution in [0.2, 0.25) is 0 Å². The maximum absolute atomic E-state index is 13.4. The van der Waals surface area contributed by atoms with Crippen LogP contribution in [0, 0.1) is 11.7 Å². The number of guanidine groups is 1. The van der Waals surface area contributed by atoms with E-state index in [1.807, 2.05) is 6.07 Å². The third-order valence-electron chi connectivity index (χ3n) is 3.85. The molecular formula is C17H27FIN3. The summed E-state index contributed by atoms with van der Waals surface area (Å²) in [5, 5.41) is 6.61. The van der Waals surface area contributed by atoms with Gasteiger partial charge in [-0.3, -0.25) is 4.99 Å². The summed E-state index contributed by atoms with van der Waals surface area (Å²) in [6, 6.07) is 6.95. The highest BCUT2D eigenvalue weighted by atomic mass is 127. The fourth-order valence-electron chi connectivity index (χ4n) is 2.38. The Hall–Kier alpha value is -0.850. The number of benzene rings is 1. The van der Waals surface area contributed by atoms with Gasteiger partial charge in [0.2, 0.25) is 0 Å². The zero-order valence-corrected chi connectivity index (χ0v) is 16.0. The first-order valence-electron chi connectivity index (χ1n) is 7.84. The molecule has 3 nitrogen and oxygen atoms in total. The molecular weight excluding hydrogens is 392 g/mol. The van der Waals surface area contributed by atoms with Gasteiger partial charge in [0.1, 0.15) is 5.82 Å². The van der Waals surface area contributed by atoms with Crippen LogP contribution in [0.1, 0.15) is 39.2 Å². The molecule has 1 aliphatic rings. The van der Waals surface area contributed by atoms with E-state index in [0.717, 1.165) is 37.5 Å². The maximum Gasteiger partial charge on any atom is 0.191 e. The Kier molecular flexibility index (Phi) is 7.59. The van der Waals surface area contributed by atoms with Gasteiger partial charge in [-0.2, -0.15) is 0 Å². The summed E-state index contributed by atoms with van der Waals surface area (Å²) in [6.45, 7) is 8.86. The predicted molar refractivity (Wildman–Crippen MR) is 102 cm³/mol. The maximum atomic E-state index is 13.4. The van der Waals surface area contributed by atoms with Crippen LogP contribution in [0.4, 0.5) is 4.39 Å². The molecule has 0 saturated heterocycles. The molecule has 1 aliphatic carbocycles. The van der Waals surface area contributed by atoms with Gasteiger partial charge in [0.15, 0.2) is 5.96 Å². The lowest BCUT2D eigenvalue weighted by molar-refractivity contribution is 0.607. The third-order valence-corrected chi connectivity index (χ3v) is 3.85. The summed E-state index contributed by atoms with van der Waals surface area (Å²) in [7, 11) is 0. The Morgan fingerprint density at radius 1 is 1.32 bits per heavy atom. The smallest absolute Gasteiger partial charge is 0.191 e. The molecule has 1 aromatic rings. The lowest BCUT2D eigenvalue weighted by atomic mass is 9.96. The fourth-order valence-corrected chi connectivity index (χ4v) is 2.38. The number of nitrogens with one attached hydrogen (secondary N) is 2. The second kappa shape index (κ2) is 8.70. The van der Waals surface area contributed by atoms with Crippen molar-refractivity contribution in [3.05, 3.63) is 35.6 Å². The lowest BCUT2D eigenvalue weighted by Crippen LogP contribution is -2.39. The van der Waals surface area contributed by atoms with E-state index in [-0.39, 0.29) is 35.2 Å². The quantitative estimate of drug-likeness (QED) is 0.419. The fraction of sp³-hybridized carbons (Fsp3) is 0.588. The number of nitrogens with zero attached hydrogens (tertiary/aromatic N) is 1. The van der Waals surface area contributed by atoms with E-state index in [9.17, 15) is 4.39 Å². The normalized spacial score (nSPS) is 16.1. The third kappa shape index (κ3) is 5.41. The molecule has 1 aromatic carbocycles. The molecule has 2 N–H and O–H groups in total. The second-order valence-corrected chi connectivity index (χ2v) is 6.26. The predicted octanol–water partition coefficient (Wildman–Crippen LogP) is 3.69. The molecule has 0 heterocycles. The van der Waals surface area contributed by atoms with E-state index in [1.165, 1.54) is 6.07 Å². The van der Waals surface area contributed by atoms with Crippen LogP contribution < -0.4 is 10.6 Å². The minimum atomic E-state index is -0.160. The molecule has 0 radical (unpaired) electrons. The van der Waals surface area contributed by atoms with E-state index in [4.69, 9.17) is 4.99 Å². The molecule has 124 valence electrons. The Bertz CT molecular complexity index is 498. The molecule has 0 spiro atoms. The number of hydrogen-bond donors (Lipinski definition) is 2. The highest BCUT2D eigenvalue weighted by molar-refractivity contribution is 14.0. The number of halogens is 2. The number of rotatable bonds is 6. The van der Waals surface area contributed by atoms with Gasteiger partial charge < -0.3 is 10.6 Å². The van der Waals surface area contributed by atoms with Gasteiger partial charge in [-0.05, 0) is 43.4 Å². The average molecular weight is 419 g/mol. The first-order valence-corrected chi connectivity index (χ1v) is 7.84. The molecule has 0 aliphatic heterocycles. The summed E-state index contributed by atoms with van der Waals surface area (Å²) < 4.78 is 13.4. The SMILES string of the molecule is CCNC(=NCC1(c2cccc(F)c2)CC1)NCC(C)C.I. The van der Waals surface area contributed by atoms with Gasteiger partial charge in [-0.15, -0.1) is 24.0 Å². The molecule has 0 amide bonds. The van der Waals surface area contributed by atoms with Gasteiger partial charge in [-0.25, -0.2) is 4.39 Å². The van der Waals surface area contributed by atoms with E-state index >= 15 is 0 Å². The molecule has 22 heavy (non-hydrogen) atoms. The van der Waals surface area contributed by atoms with E-state index in [0.29, 0.717) is 12.5 Å². The monoisotopic (exact) mass is 419 g/mol. The Morgan fingerprint density at radius 3 is 2.59 bits per heavy atom. The summed E-state index contributed by atoms with van der Waals surface area (Å²) in [4.78, 5) is 4.70. The average Bonchev–Trinajstić information content (AvgIpc) is 3.23. The van der Waals surface area contributed by atoms with Crippen molar-refractivity contribution in [3.8, 4) is 0 Å². The molecule has 1 fully saturated rings. The van der Waals surface area contributed by atoms with E-state index in [2.05, 4.69) is 31.4 Å². The van der Waals surface area contributed by atoms with E-state index < -0.39 is 0 Å². The Labute approximate surface area is 150 Å². The van der Waals surface area contributed by atoms with Crippen LogP contribution in [-0.2, 0) is 5.41 Å². The minimum Gasteiger partial charge on any atom is -0.357 e. The van der Waals surface area contributed by atoms with Gasteiger partial charge in [0, 0.05) is 18.5 Å². The molecule has 1 saturated carbocycles. The molecule has 2 rings (SSSR count). The first kappa shape index (κ1) is 19.2. The Balaban J connectivity index is 0.00000242. The van der Waals surface area contributed by atoms with Crippen LogP contribution in [0.25, 0.3) is 0 Å². The largest absolute Gasteiger partial charge is 0.357 e. The zero-order valence-electron chi connectivity index (χ0n) is 13.7. The topological polar surface area (TPSA) is 36.4 Å². The molecule has 0 atom stereocenters. The molecule has 0 aromatic heterocycles. The van der Waals surface area contributed by atoms with Crippen molar-refractivity contribution in [2.75, 3.05) is 19.6 Å². The highest BCUT2D eigenvalue weighted by Gasteiger charge is 2.44. The molecule has 5 heteroatoms. The van der Waals surface area contributed by atoms with Crippen molar-refractivity contribution in [1.82, 2.24) is 10.6 Å². The van der Waals surface area contributed by atoms with Crippen LogP contribution in [0.3, 0.4) is 0 Å². The van der Waals surface area contributed by atoms with Crippen LogP contribution in [0.5, 0.6) is 0 Å². The van der Waals surface area contributed by atoms with Crippen LogP contribution >= 0.6 is 24.0 Å². The number of hydrogen-bond acceptors (Lipinski definition) is 1. The van der Waals surface area contributed by atoms with Crippen LogP contribution in [-0.4, -0.2) is 25.6 Å². The summed E-state index contributed by atoms with van der Waals surface area (Å²) >= 11 is 0. The highest BCUT2D eigenvalue weighted by Crippen LogP contribution is 2.48. The standard InChI is InChI=1S/C17H26FN3.HI/c1-4-19-16(20-11-13(2)3)21-12-17(8-9-17)14-6-5-7-15(18)10-14;/h5-7,10,13H,4,8-9,11-12H2,1-3H3,(H2,19,20,21);1H.